The average Bonchev–Trinajstić information content (AvgIpc) is 3.03. The van der Waals surface area contributed by atoms with E-state index >= 15 is 0 Å². The summed E-state index contributed by atoms with van der Waals surface area (Å²) < 4.78 is 7.49. The predicted octanol–water partition coefficient (Wildman–Crippen LogP) is 2.77. The van der Waals surface area contributed by atoms with Crippen molar-refractivity contribution in [2.45, 2.75) is 39.8 Å². The summed E-state index contributed by atoms with van der Waals surface area (Å²) in [5.41, 5.74) is 2.09. The van der Waals surface area contributed by atoms with Gasteiger partial charge in [0, 0.05) is 11.9 Å². The molecule has 0 aliphatic rings. The number of rotatable bonds is 7. The largest absolute Gasteiger partial charge is 0.493 e. The smallest absolute Gasteiger partial charge is 0.161 e. The Labute approximate surface area is 124 Å². The second kappa shape index (κ2) is 6.85. The molecule has 0 fully saturated rings. The van der Waals surface area contributed by atoms with E-state index in [0.29, 0.717) is 0 Å². The number of hydrogen-bond acceptors (Lipinski definition) is 5. The fourth-order valence-electron chi connectivity index (χ4n) is 2.27. The first-order chi connectivity index (χ1) is 9.71. The fraction of sp³-hybridized carbons (Fsp3) is 0.571. The highest BCUT2D eigenvalue weighted by Crippen LogP contribution is 2.30. The van der Waals surface area contributed by atoms with E-state index in [1.165, 1.54) is 0 Å². The number of methoxy groups -OCH3 is 1. The molecule has 1 atom stereocenters. The van der Waals surface area contributed by atoms with E-state index in [2.05, 4.69) is 34.6 Å². The molecule has 20 heavy (non-hydrogen) atoms. The lowest BCUT2D eigenvalue weighted by Crippen LogP contribution is -2.25. The van der Waals surface area contributed by atoms with Gasteiger partial charge in [-0.1, -0.05) is 13.8 Å². The number of thiazole rings is 1. The van der Waals surface area contributed by atoms with Gasteiger partial charge in [-0.3, -0.25) is 4.68 Å². The Bertz CT molecular complexity index is 549. The van der Waals surface area contributed by atoms with Crippen molar-refractivity contribution >= 4 is 11.3 Å². The maximum Gasteiger partial charge on any atom is 0.161 e. The second-order valence-electron chi connectivity index (χ2n) is 4.60. The highest BCUT2D eigenvalue weighted by Gasteiger charge is 2.24. The lowest BCUT2D eigenvalue weighted by atomic mass is 10.1. The number of aromatic nitrogens is 3. The van der Waals surface area contributed by atoms with Gasteiger partial charge >= 0.3 is 0 Å². The van der Waals surface area contributed by atoms with Crippen molar-refractivity contribution < 1.29 is 4.74 Å². The second-order valence-corrected chi connectivity index (χ2v) is 5.67. The third-order valence-electron chi connectivity index (χ3n) is 3.11. The zero-order chi connectivity index (χ0) is 14.5. The summed E-state index contributed by atoms with van der Waals surface area (Å²) in [6, 6.07) is 0.0222. The molecule has 2 aromatic heterocycles. The van der Waals surface area contributed by atoms with Crippen LogP contribution in [0, 0.1) is 6.92 Å². The standard InChI is InChI=1S/C14H22N4OS/c1-5-7-18-14(12(19-4)8-16-18)13(15-6-2)11-9-20-10(3)17-11/h8-9,13,15H,5-7H2,1-4H3. The predicted molar refractivity (Wildman–Crippen MR) is 81.4 cm³/mol. The number of ether oxygens (including phenoxy) is 1. The van der Waals surface area contributed by atoms with Gasteiger partial charge in [-0.2, -0.15) is 5.10 Å². The van der Waals surface area contributed by atoms with E-state index in [0.717, 1.165) is 41.7 Å². The molecule has 110 valence electrons. The van der Waals surface area contributed by atoms with Gasteiger partial charge in [-0.25, -0.2) is 4.98 Å². The molecular weight excluding hydrogens is 272 g/mol. The number of nitrogens with zero attached hydrogens (tertiary/aromatic N) is 3. The summed E-state index contributed by atoms with van der Waals surface area (Å²) in [7, 11) is 1.69. The lowest BCUT2D eigenvalue weighted by molar-refractivity contribution is 0.397. The first-order valence-electron chi connectivity index (χ1n) is 6.96. The molecule has 0 spiro atoms. The Balaban J connectivity index is 2.44. The maximum atomic E-state index is 5.48. The van der Waals surface area contributed by atoms with E-state index < -0.39 is 0 Å². The minimum absolute atomic E-state index is 0.0222. The summed E-state index contributed by atoms with van der Waals surface area (Å²) >= 11 is 1.67. The Morgan fingerprint density at radius 1 is 1.45 bits per heavy atom. The molecule has 0 aliphatic heterocycles. The van der Waals surface area contributed by atoms with E-state index in [-0.39, 0.29) is 6.04 Å². The quantitative estimate of drug-likeness (QED) is 0.853. The summed E-state index contributed by atoms with van der Waals surface area (Å²) in [4.78, 5) is 4.62. The number of nitrogens with one attached hydrogen (secondary N) is 1. The molecule has 2 aromatic rings. The van der Waals surface area contributed by atoms with Gasteiger partial charge in [0.15, 0.2) is 5.75 Å². The molecule has 0 aromatic carbocycles. The van der Waals surface area contributed by atoms with Gasteiger partial charge in [0.1, 0.15) is 5.69 Å². The minimum Gasteiger partial charge on any atom is -0.493 e. The maximum absolute atomic E-state index is 5.48. The number of hydrogen-bond donors (Lipinski definition) is 1. The van der Waals surface area contributed by atoms with Crippen LogP contribution in [0.15, 0.2) is 11.6 Å². The molecule has 0 bridgehead atoms. The summed E-state index contributed by atoms with van der Waals surface area (Å²) in [6.07, 6.45) is 2.82. The Morgan fingerprint density at radius 3 is 2.80 bits per heavy atom. The monoisotopic (exact) mass is 294 g/mol. The van der Waals surface area contributed by atoms with Gasteiger partial charge in [0.25, 0.3) is 0 Å². The van der Waals surface area contributed by atoms with Crippen LogP contribution in [0.5, 0.6) is 5.75 Å². The molecule has 6 heteroatoms. The topological polar surface area (TPSA) is 52.0 Å². The molecule has 0 amide bonds. The van der Waals surface area contributed by atoms with Crippen LogP contribution in [0.1, 0.15) is 42.7 Å². The van der Waals surface area contributed by atoms with E-state index in [9.17, 15) is 0 Å². The first kappa shape index (κ1) is 15.0. The van der Waals surface area contributed by atoms with Gasteiger partial charge in [0.05, 0.1) is 30.1 Å². The van der Waals surface area contributed by atoms with Crippen molar-refractivity contribution in [2.75, 3.05) is 13.7 Å². The average molecular weight is 294 g/mol. The highest BCUT2D eigenvalue weighted by atomic mass is 32.1. The van der Waals surface area contributed by atoms with E-state index in [1.54, 1.807) is 24.6 Å². The zero-order valence-electron chi connectivity index (χ0n) is 12.5. The highest BCUT2D eigenvalue weighted by molar-refractivity contribution is 7.09. The van der Waals surface area contributed by atoms with E-state index in [1.807, 2.05) is 11.6 Å². The molecule has 2 rings (SSSR count). The molecule has 0 saturated carbocycles. The Kier molecular flexibility index (Phi) is 5.14. The van der Waals surface area contributed by atoms with Crippen LogP contribution < -0.4 is 10.1 Å². The van der Waals surface area contributed by atoms with Crippen molar-refractivity contribution in [3.63, 3.8) is 0 Å². The number of aryl methyl sites for hydroxylation is 2. The summed E-state index contributed by atoms with van der Waals surface area (Å²) in [6.45, 7) is 8.01. The fourth-order valence-corrected chi connectivity index (χ4v) is 2.91. The van der Waals surface area contributed by atoms with Crippen LogP contribution in [0.25, 0.3) is 0 Å². The SMILES string of the molecule is CCCn1ncc(OC)c1C(NCC)c1csc(C)n1. The van der Waals surface area contributed by atoms with Crippen LogP contribution in [0.3, 0.4) is 0 Å². The zero-order valence-corrected chi connectivity index (χ0v) is 13.3. The molecule has 5 nitrogen and oxygen atoms in total. The normalized spacial score (nSPS) is 12.6. The molecule has 1 unspecified atom stereocenters. The Hall–Kier alpha value is -1.40. The summed E-state index contributed by atoms with van der Waals surface area (Å²) in [5.74, 6) is 0.815. The molecule has 2 heterocycles. The van der Waals surface area contributed by atoms with Crippen molar-refractivity contribution in [3.05, 3.63) is 28.0 Å². The lowest BCUT2D eigenvalue weighted by Gasteiger charge is -2.19. The van der Waals surface area contributed by atoms with Crippen molar-refractivity contribution in [3.8, 4) is 5.75 Å². The van der Waals surface area contributed by atoms with Gasteiger partial charge in [-0.15, -0.1) is 11.3 Å². The van der Waals surface area contributed by atoms with Gasteiger partial charge in [0.2, 0.25) is 0 Å². The van der Waals surface area contributed by atoms with Gasteiger partial charge in [-0.05, 0) is 19.9 Å². The molecule has 0 radical (unpaired) electrons. The third kappa shape index (κ3) is 3.02. The van der Waals surface area contributed by atoms with Crippen LogP contribution >= 0.6 is 11.3 Å². The van der Waals surface area contributed by atoms with Crippen LogP contribution in [-0.2, 0) is 6.54 Å². The van der Waals surface area contributed by atoms with Crippen LogP contribution in [0.2, 0.25) is 0 Å². The minimum atomic E-state index is 0.0222. The summed E-state index contributed by atoms with van der Waals surface area (Å²) in [5, 5.41) is 11.1. The molecular formula is C14H22N4OS. The molecule has 1 N–H and O–H groups in total. The first-order valence-corrected chi connectivity index (χ1v) is 7.84. The van der Waals surface area contributed by atoms with Crippen molar-refractivity contribution in [2.24, 2.45) is 0 Å². The van der Waals surface area contributed by atoms with E-state index in [4.69, 9.17) is 4.74 Å². The van der Waals surface area contributed by atoms with Crippen molar-refractivity contribution in [1.29, 1.82) is 0 Å². The van der Waals surface area contributed by atoms with Gasteiger partial charge < -0.3 is 10.1 Å². The Morgan fingerprint density at radius 2 is 2.25 bits per heavy atom. The third-order valence-corrected chi connectivity index (χ3v) is 3.91. The van der Waals surface area contributed by atoms with Crippen molar-refractivity contribution in [1.82, 2.24) is 20.1 Å². The molecule has 0 aliphatic carbocycles. The van der Waals surface area contributed by atoms with Crippen LogP contribution in [-0.4, -0.2) is 28.4 Å². The molecule has 0 saturated heterocycles. The van der Waals surface area contributed by atoms with Crippen LogP contribution in [0.4, 0.5) is 0 Å².